The maximum atomic E-state index is 5.85. The summed E-state index contributed by atoms with van der Waals surface area (Å²) in [7, 11) is 0. The number of benzene rings is 1. The van der Waals surface area contributed by atoms with Crippen LogP contribution in [-0.4, -0.2) is 22.6 Å². The van der Waals surface area contributed by atoms with Gasteiger partial charge in [0.05, 0.1) is 6.54 Å². The molecule has 5 heteroatoms. The molecule has 1 aromatic heterocycles. The van der Waals surface area contributed by atoms with Crippen molar-refractivity contribution >= 4 is 11.6 Å². The Balaban J connectivity index is 1.62. The van der Waals surface area contributed by atoms with Crippen molar-refractivity contribution in [3.8, 4) is 5.75 Å². The summed E-state index contributed by atoms with van der Waals surface area (Å²) < 4.78 is 5.85. The van der Waals surface area contributed by atoms with Gasteiger partial charge in [-0.05, 0) is 18.6 Å². The average Bonchev–Trinajstić information content (AvgIpc) is 2.78. The minimum absolute atomic E-state index is 0.133. The maximum Gasteiger partial charge on any atom is 0.131 e. The summed E-state index contributed by atoms with van der Waals surface area (Å²) in [6.45, 7) is 2.52. The number of aromatic nitrogens is 2. The highest BCUT2D eigenvalue weighted by molar-refractivity contribution is 5.45. The van der Waals surface area contributed by atoms with Gasteiger partial charge in [0.2, 0.25) is 0 Å². The van der Waals surface area contributed by atoms with Gasteiger partial charge >= 0.3 is 0 Å². The number of nitrogens with one attached hydrogen (secondary N) is 1. The fourth-order valence-electron chi connectivity index (χ4n) is 2.27. The largest absolute Gasteiger partial charge is 0.488 e. The quantitative estimate of drug-likeness (QED) is 0.875. The molecule has 1 atom stereocenters. The molecule has 3 N–H and O–H groups in total. The molecule has 0 saturated carbocycles. The van der Waals surface area contributed by atoms with Crippen LogP contribution < -0.4 is 15.8 Å². The van der Waals surface area contributed by atoms with Crippen molar-refractivity contribution in [1.82, 2.24) is 9.97 Å². The molecule has 3 rings (SSSR count). The Hall–Kier alpha value is -2.30. The Morgan fingerprint density at radius 3 is 3.00 bits per heavy atom. The second kappa shape index (κ2) is 4.76. The lowest BCUT2D eigenvalue weighted by atomic mass is 10.1. The van der Waals surface area contributed by atoms with Gasteiger partial charge in [-0.3, -0.25) is 0 Å². The molecule has 0 spiro atoms. The van der Waals surface area contributed by atoms with E-state index in [0.29, 0.717) is 18.2 Å². The van der Waals surface area contributed by atoms with E-state index in [1.54, 1.807) is 6.07 Å². The van der Waals surface area contributed by atoms with Gasteiger partial charge in [0.15, 0.2) is 0 Å². The van der Waals surface area contributed by atoms with E-state index >= 15 is 0 Å². The summed E-state index contributed by atoms with van der Waals surface area (Å²) in [5.74, 6) is 2.86. The predicted molar refractivity (Wildman–Crippen MR) is 74.2 cm³/mol. The molecule has 1 aliphatic rings. The number of aryl methyl sites for hydroxylation is 1. The van der Waals surface area contributed by atoms with E-state index in [1.807, 2.05) is 25.1 Å². The van der Waals surface area contributed by atoms with Gasteiger partial charge in [-0.1, -0.05) is 18.2 Å². The fraction of sp³-hybridized carbons (Fsp3) is 0.286. The van der Waals surface area contributed by atoms with Crippen LogP contribution >= 0.6 is 0 Å². The third-order valence-corrected chi connectivity index (χ3v) is 3.08. The van der Waals surface area contributed by atoms with Gasteiger partial charge in [-0.15, -0.1) is 0 Å². The van der Waals surface area contributed by atoms with Crippen molar-refractivity contribution in [3.05, 3.63) is 41.7 Å². The van der Waals surface area contributed by atoms with Crippen molar-refractivity contribution in [1.29, 1.82) is 0 Å². The highest BCUT2D eigenvalue weighted by atomic mass is 16.5. The van der Waals surface area contributed by atoms with E-state index < -0.39 is 0 Å². The number of hydrogen-bond donors (Lipinski definition) is 2. The van der Waals surface area contributed by atoms with Crippen LogP contribution in [0.4, 0.5) is 11.6 Å². The molecule has 1 aliphatic heterocycles. The summed E-state index contributed by atoms with van der Waals surface area (Å²) in [6, 6.07) is 9.86. The van der Waals surface area contributed by atoms with Crippen molar-refractivity contribution in [2.45, 2.75) is 19.4 Å². The molecule has 2 heterocycles. The number of ether oxygens (including phenoxy) is 1. The molecule has 1 aromatic carbocycles. The normalized spacial score (nSPS) is 16.8. The minimum Gasteiger partial charge on any atom is -0.488 e. The van der Waals surface area contributed by atoms with E-state index in [0.717, 1.165) is 18.0 Å². The van der Waals surface area contributed by atoms with E-state index in [2.05, 4.69) is 21.4 Å². The van der Waals surface area contributed by atoms with E-state index in [9.17, 15) is 0 Å². The van der Waals surface area contributed by atoms with Gasteiger partial charge in [-0.25, -0.2) is 9.97 Å². The lowest BCUT2D eigenvalue weighted by Gasteiger charge is -2.12. The lowest BCUT2D eigenvalue weighted by molar-refractivity contribution is 0.246. The highest BCUT2D eigenvalue weighted by Crippen LogP contribution is 2.28. The van der Waals surface area contributed by atoms with Gasteiger partial charge < -0.3 is 15.8 Å². The minimum atomic E-state index is 0.133. The van der Waals surface area contributed by atoms with Crippen LogP contribution in [0.15, 0.2) is 30.3 Å². The number of hydrogen-bond acceptors (Lipinski definition) is 5. The van der Waals surface area contributed by atoms with Crippen molar-refractivity contribution < 1.29 is 4.74 Å². The van der Waals surface area contributed by atoms with Crippen LogP contribution in [-0.2, 0) is 6.42 Å². The summed E-state index contributed by atoms with van der Waals surface area (Å²) in [5, 5.41) is 3.25. The Labute approximate surface area is 111 Å². The predicted octanol–water partition coefficient (Wildman–Crippen LogP) is 1.78. The van der Waals surface area contributed by atoms with E-state index in [1.165, 1.54) is 5.56 Å². The van der Waals surface area contributed by atoms with Gasteiger partial charge in [0, 0.05) is 12.5 Å². The molecular formula is C14H16N4O. The molecule has 2 aromatic rings. The molecule has 0 fully saturated rings. The average molecular weight is 256 g/mol. The standard InChI is InChI=1S/C14H16N4O/c1-9-17-13(15)7-14(18-9)16-8-11-6-10-4-2-3-5-12(10)19-11/h2-5,7,11H,6,8H2,1H3,(H3,15,16,17,18). The number of nitrogens with two attached hydrogens (primary N) is 1. The van der Waals surface area contributed by atoms with Crippen LogP contribution in [0, 0.1) is 6.92 Å². The number of rotatable bonds is 3. The second-order valence-electron chi connectivity index (χ2n) is 4.66. The molecule has 98 valence electrons. The molecule has 0 radical (unpaired) electrons. The first-order valence-electron chi connectivity index (χ1n) is 6.30. The first-order chi connectivity index (χ1) is 9.20. The molecule has 0 aliphatic carbocycles. The Kier molecular flexibility index (Phi) is 2.95. The number of fused-ring (bicyclic) bond motifs is 1. The van der Waals surface area contributed by atoms with Crippen LogP contribution in [0.1, 0.15) is 11.4 Å². The SMILES string of the molecule is Cc1nc(N)cc(NCC2Cc3ccccc3O2)n1. The Morgan fingerprint density at radius 2 is 2.21 bits per heavy atom. The zero-order chi connectivity index (χ0) is 13.2. The third-order valence-electron chi connectivity index (χ3n) is 3.08. The molecule has 0 bridgehead atoms. The third kappa shape index (κ3) is 2.59. The van der Waals surface area contributed by atoms with Crippen molar-refractivity contribution in [2.75, 3.05) is 17.6 Å². The van der Waals surface area contributed by atoms with Gasteiger partial charge in [0.25, 0.3) is 0 Å². The van der Waals surface area contributed by atoms with Crippen LogP contribution in [0.25, 0.3) is 0 Å². The van der Waals surface area contributed by atoms with Gasteiger partial charge in [-0.2, -0.15) is 0 Å². The summed E-state index contributed by atoms with van der Waals surface area (Å²) in [4.78, 5) is 8.33. The topological polar surface area (TPSA) is 73.1 Å². The fourth-order valence-corrected chi connectivity index (χ4v) is 2.27. The number of nitrogen functional groups attached to an aromatic ring is 1. The van der Waals surface area contributed by atoms with E-state index in [4.69, 9.17) is 10.5 Å². The Bertz CT molecular complexity index is 554. The second-order valence-corrected chi connectivity index (χ2v) is 4.66. The van der Waals surface area contributed by atoms with Crippen LogP contribution in [0.2, 0.25) is 0 Å². The monoisotopic (exact) mass is 256 g/mol. The zero-order valence-corrected chi connectivity index (χ0v) is 10.8. The smallest absolute Gasteiger partial charge is 0.131 e. The summed E-state index contributed by atoms with van der Waals surface area (Å²) in [6.07, 6.45) is 1.05. The Morgan fingerprint density at radius 1 is 1.37 bits per heavy atom. The lowest BCUT2D eigenvalue weighted by Crippen LogP contribution is -2.24. The van der Waals surface area contributed by atoms with Crippen LogP contribution in [0.5, 0.6) is 5.75 Å². The summed E-state index contributed by atoms with van der Waals surface area (Å²) >= 11 is 0. The number of anilines is 2. The molecule has 19 heavy (non-hydrogen) atoms. The zero-order valence-electron chi connectivity index (χ0n) is 10.8. The first kappa shape index (κ1) is 11.8. The first-order valence-corrected chi connectivity index (χ1v) is 6.30. The number of para-hydroxylation sites is 1. The summed E-state index contributed by atoms with van der Waals surface area (Å²) in [5.41, 5.74) is 6.95. The van der Waals surface area contributed by atoms with E-state index in [-0.39, 0.29) is 6.10 Å². The highest BCUT2D eigenvalue weighted by Gasteiger charge is 2.21. The van der Waals surface area contributed by atoms with Crippen LogP contribution in [0.3, 0.4) is 0 Å². The molecule has 0 amide bonds. The molecule has 5 nitrogen and oxygen atoms in total. The molecule has 1 unspecified atom stereocenters. The molecule has 0 saturated heterocycles. The van der Waals surface area contributed by atoms with Crippen molar-refractivity contribution in [3.63, 3.8) is 0 Å². The maximum absolute atomic E-state index is 5.85. The van der Waals surface area contributed by atoms with Crippen molar-refractivity contribution in [2.24, 2.45) is 0 Å². The molecular weight excluding hydrogens is 240 g/mol. The van der Waals surface area contributed by atoms with Gasteiger partial charge in [0.1, 0.15) is 29.3 Å². The number of nitrogens with zero attached hydrogens (tertiary/aromatic N) is 2.